The molecule has 0 bridgehead atoms. The van der Waals surface area contributed by atoms with Crippen LogP contribution in [0.2, 0.25) is 0 Å². The fourth-order valence-electron chi connectivity index (χ4n) is 5.22. The summed E-state index contributed by atoms with van der Waals surface area (Å²) < 4.78 is 0. The second kappa shape index (κ2) is 8.11. The van der Waals surface area contributed by atoms with Crippen LogP contribution in [0.1, 0.15) is 40.7 Å². The number of pyridine rings is 1. The van der Waals surface area contributed by atoms with Gasteiger partial charge in [0.1, 0.15) is 0 Å². The van der Waals surface area contributed by atoms with Crippen molar-refractivity contribution >= 4 is 11.5 Å². The van der Waals surface area contributed by atoms with Crippen LogP contribution in [0.4, 0.5) is 0 Å². The standard InChI is InChI=1S/C25H29N3O/c29-25(21-4-3-12-26-16-21)28-17-22-9-10-23(24(22)18-28)20-7-5-19(6-8-20)11-15-27-13-1-2-14-27/h3-8,10,12,16,22,24H,1-2,9,11,13-15,17-18H2/t22-,24+/m1/s1. The molecule has 150 valence electrons. The zero-order valence-corrected chi connectivity index (χ0v) is 17.0. The van der Waals surface area contributed by atoms with Gasteiger partial charge in [0.2, 0.25) is 0 Å². The Morgan fingerprint density at radius 3 is 2.66 bits per heavy atom. The predicted molar refractivity (Wildman–Crippen MR) is 116 cm³/mol. The molecule has 2 atom stereocenters. The molecular weight excluding hydrogens is 358 g/mol. The van der Waals surface area contributed by atoms with Crippen molar-refractivity contribution in [1.29, 1.82) is 0 Å². The molecule has 3 aliphatic rings. The summed E-state index contributed by atoms with van der Waals surface area (Å²) >= 11 is 0. The van der Waals surface area contributed by atoms with Gasteiger partial charge in [0.15, 0.2) is 0 Å². The number of rotatable bonds is 5. The largest absolute Gasteiger partial charge is 0.338 e. The lowest BCUT2D eigenvalue weighted by Crippen LogP contribution is -2.29. The Bertz CT molecular complexity index is 884. The fourth-order valence-corrected chi connectivity index (χ4v) is 5.22. The average Bonchev–Trinajstić information content (AvgIpc) is 3.50. The topological polar surface area (TPSA) is 36.4 Å². The van der Waals surface area contributed by atoms with Gasteiger partial charge in [-0.3, -0.25) is 9.78 Å². The van der Waals surface area contributed by atoms with Crippen LogP contribution in [0.5, 0.6) is 0 Å². The summed E-state index contributed by atoms with van der Waals surface area (Å²) in [5.74, 6) is 1.13. The van der Waals surface area contributed by atoms with Crippen LogP contribution in [0, 0.1) is 11.8 Å². The molecule has 1 aliphatic carbocycles. The van der Waals surface area contributed by atoms with Crippen LogP contribution in [0.3, 0.4) is 0 Å². The van der Waals surface area contributed by atoms with E-state index in [9.17, 15) is 4.79 Å². The van der Waals surface area contributed by atoms with Crippen molar-refractivity contribution in [3.05, 3.63) is 71.6 Å². The first-order chi connectivity index (χ1) is 14.3. The Balaban J connectivity index is 1.22. The summed E-state index contributed by atoms with van der Waals surface area (Å²) in [4.78, 5) is 21.5. The van der Waals surface area contributed by atoms with Gasteiger partial charge in [-0.2, -0.15) is 0 Å². The highest BCUT2D eigenvalue weighted by Gasteiger charge is 2.40. The van der Waals surface area contributed by atoms with E-state index >= 15 is 0 Å². The highest BCUT2D eigenvalue weighted by Crippen LogP contribution is 2.43. The molecule has 2 fully saturated rings. The lowest BCUT2D eigenvalue weighted by atomic mass is 9.90. The first kappa shape index (κ1) is 18.6. The molecule has 4 nitrogen and oxygen atoms in total. The molecule has 2 aromatic rings. The first-order valence-electron chi connectivity index (χ1n) is 11.0. The number of carbonyl (C=O) groups is 1. The van der Waals surface area contributed by atoms with Crippen LogP contribution in [-0.2, 0) is 6.42 Å². The molecule has 5 rings (SSSR count). The third-order valence-corrected chi connectivity index (χ3v) is 6.88. The van der Waals surface area contributed by atoms with Gasteiger partial charge in [0.25, 0.3) is 5.91 Å². The molecule has 0 saturated carbocycles. The quantitative estimate of drug-likeness (QED) is 0.781. The molecular formula is C25H29N3O. The minimum atomic E-state index is 0.115. The monoisotopic (exact) mass is 387 g/mol. The molecule has 2 saturated heterocycles. The zero-order valence-electron chi connectivity index (χ0n) is 17.0. The van der Waals surface area contributed by atoms with Crippen molar-refractivity contribution < 1.29 is 4.79 Å². The molecule has 2 aliphatic heterocycles. The number of likely N-dealkylation sites (tertiary alicyclic amines) is 2. The van der Waals surface area contributed by atoms with Crippen LogP contribution in [0.25, 0.3) is 5.57 Å². The van der Waals surface area contributed by atoms with E-state index in [-0.39, 0.29) is 5.91 Å². The molecule has 4 heteroatoms. The molecule has 1 amide bonds. The number of hydrogen-bond acceptors (Lipinski definition) is 3. The number of nitrogens with zero attached hydrogens (tertiary/aromatic N) is 3. The van der Waals surface area contributed by atoms with E-state index in [1.807, 2.05) is 17.0 Å². The van der Waals surface area contributed by atoms with Gasteiger partial charge in [-0.15, -0.1) is 0 Å². The SMILES string of the molecule is O=C(c1cccnc1)N1C[C@H]2CC=C(c3ccc(CCN4CCCC4)cc3)[C@H]2C1. The van der Waals surface area contributed by atoms with Gasteiger partial charge < -0.3 is 9.80 Å². The van der Waals surface area contributed by atoms with Crippen molar-refractivity contribution in [1.82, 2.24) is 14.8 Å². The summed E-state index contributed by atoms with van der Waals surface area (Å²) in [5, 5.41) is 0. The second-order valence-corrected chi connectivity index (χ2v) is 8.71. The molecule has 1 aromatic heterocycles. The number of hydrogen-bond donors (Lipinski definition) is 0. The normalized spacial score (nSPS) is 24.0. The maximum absolute atomic E-state index is 12.8. The summed E-state index contributed by atoms with van der Waals surface area (Å²) in [7, 11) is 0. The first-order valence-corrected chi connectivity index (χ1v) is 11.0. The minimum absolute atomic E-state index is 0.115. The molecule has 1 aromatic carbocycles. The van der Waals surface area contributed by atoms with Crippen molar-refractivity contribution in [2.45, 2.75) is 25.7 Å². The summed E-state index contributed by atoms with van der Waals surface area (Å²) in [6.45, 7) is 5.38. The molecule has 0 spiro atoms. The van der Waals surface area contributed by atoms with Gasteiger partial charge in [-0.25, -0.2) is 0 Å². The molecule has 0 N–H and O–H groups in total. The average molecular weight is 388 g/mol. The van der Waals surface area contributed by atoms with E-state index in [0.29, 0.717) is 17.4 Å². The third kappa shape index (κ3) is 3.86. The highest BCUT2D eigenvalue weighted by atomic mass is 16.2. The lowest BCUT2D eigenvalue weighted by Gasteiger charge is -2.18. The Hall–Kier alpha value is -2.46. The van der Waals surface area contributed by atoms with E-state index in [0.717, 1.165) is 25.9 Å². The Labute approximate surface area is 173 Å². The molecule has 0 radical (unpaired) electrons. The van der Waals surface area contributed by atoms with E-state index in [4.69, 9.17) is 0 Å². The zero-order chi connectivity index (χ0) is 19.6. The van der Waals surface area contributed by atoms with E-state index in [1.54, 1.807) is 12.4 Å². The van der Waals surface area contributed by atoms with Crippen LogP contribution < -0.4 is 0 Å². The Morgan fingerprint density at radius 1 is 1.07 bits per heavy atom. The summed E-state index contributed by atoms with van der Waals surface area (Å²) in [6, 6.07) is 12.9. The van der Waals surface area contributed by atoms with Crippen molar-refractivity contribution in [2.75, 3.05) is 32.7 Å². The smallest absolute Gasteiger partial charge is 0.255 e. The highest BCUT2D eigenvalue weighted by molar-refractivity contribution is 5.94. The van der Waals surface area contributed by atoms with E-state index in [1.165, 1.54) is 49.2 Å². The number of amides is 1. The summed E-state index contributed by atoms with van der Waals surface area (Å²) in [5.41, 5.74) is 4.89. The molecule has 29 heavy (non-hydrogen) atoms. The Morgan fingerprint density at radius 2 is 1.90 bits per heavy atom. The van der Waals surface area contributed by atoms with Crippen LogP contribution in [-0.4, -0.2) is 53.4 Å². The summed E-state index contributed by atoms with van der Waals surface area (Å²) in [6.07, 6.45) is 10.7. The second-order valence-electron chi connectivity index (χ2n) is 8.71. The van der Waals surface area contributed by atoms with Gasteiger partial charge in [-0.05, 0) is 73.5 Å². The maximum atomic E-state index is 12.8. The van der Waals surface area contributed by atoms with Crippen molar-refractivity contribution in [3.63, 3.8) is 0 Å². The molecule has 3 heterocycles. The maximum Gasteiger partial charge on any atom is 0.255 e. The number of allylic oxidation sites excluding steroid dienone is 1. The number of benzene rings is 1. The van der Waals surface area contributed by atoms with Gasteiger partial charge in [-0.1, -0.05) is 30.3 Å². The minimum Gasteiger partial charge on any atom is -0.338 e. The number of carbonyl (C=O) groups excluding carboxylic acids is 1. The number of aromatic nitrogens is 1. The predicted octanol–water partition coefficient (Wildman–Crippen LogP) is 3.90. The van der Waals surface area contributed by atoms with Gasteiger partial charge >= 0.3 is 0 Å². The van der Waals surface area contributed by atoms with Crippen molar-refractivity contribution in [3.8, 4) is 0 Å². The van der Waals surface area contributed by atoms with Crippen molar-refractivity contribution in [2.24, 2.45) is 11.8 Å². The molecule has 0 unspecified atom stereocenters. The third-order valence-electron chi connectivity index (χ3n) is 6.88. The van der Waals surface area contributed by atoms with Gasteiger partial charge in [0, 0.05) is 37.9 Å². The van der Waals surface area contributed by atoms with E-state index < -0.39 is 0 Å². The van der Waals surface area contributed by atoms with Gasteiger partial charge in [0.05, 0.1) is 5.56 Å². The van der Waals surface area contributed by atoms with E-state index in [2.05, 4.69) is 40.2 Å². The van der Waals surface area contributed by atoms with Crippen LogP contribution >= 0.6 is 0 Å². The Kier molecular flexibility index (Phi) is 5.19. The number of fused-ring (bicyclic) bond motifs is 1. The lowest BCUT2D eigenvalue weighted by molar-refractivity contribution is 0.0784. The fraction of sp³-hybridized carbons (Fsp3) is 0.440. The van der Waals surface area contributed by atoms with Crippen LogP contribution in [0.15, 0.2) is 54.9 Å².